The van der Waals surface area contributed by atoms with Crippen LogP contribution < -0.4 is 10.6 Å². The fourth-order valence-electron chi connectivity index (χ4n) is 3.65. The summed E-state index contributed by atoms with van der Waals surface area (Å²) in [6.07, 6.45) is 0.157. The molecule has 5 heteroatoms. The second-order valence-electron chi connectivity index (χ2n) is 6.97. The van der Waals surface area contributed by atoms with E-state index < -0.39 is 0 Å². The molecule has 2 aromatic rings. The topological polar surface area (TPSA) is 51.4 Å². The van der Waals surface area contributed by atoms with Crippen molar-refractivity contribution in [3.8, 4) is 11.1 Å². The van der Waals surface area contributed by atoms with E-state index in [-0.39, 0.29) is 18.0 Å². The van der Waals surface area contributed by atoms with Crippen LogP contribution in [0, 0.1) is 19.7 Å². The van der Waals surface area contributed by atoms with Crippen LogP contribution in [0.1, 0.15) is 30.8 Å². The van der Waals surface area contributed by atoms with Crippen LogP contribution in [-0.2, 0) is 11.3 Å². The van der Waals surface area contributed by atoms with Crippen LogP contribution in [-0.4, -0.2) is 30.3 Å². The second-order valence-corrected chi connectivity index (χ2v) is 6.97. The van der Waals surface area contributed by atoms with Gasteiger partial charge in [0.25, 0.3) is 0 Å². The molecule has 0 radical (unpaired) electrons. The first-order chi connectivity index (χ1) is 11.9. The minimum Gasteiger partial charge on any atom is -0.372 e. The van der Waals surface area contributed by atoms with Crippen LogP contribution >= 0.6 is 0 Å². The Labute approximate surface area is 148 Å². The van der Waals surface area contributed by atoms with Crippen molar-refractivity contribution in [1.29, 1.82) is 0 Å². The number of ether oxygens (including phenoxy) is 1. The summed E-state index contributed by atoms with van der Waals surface area (Å²) in [6.45, 7) is 9.64. The molecule has 1 aromatic heterocycles. The zero-order valence-corrected chi connectivity index (χ0v) is 15.3. The third kappa shape index (κ3) is 3.83. The molecule has 1 saturated heterocycles. The predicted molar refractivity (Wildman–Crippen MR) is 99.2 cm³/mol. The number of hydrogen-bond acceptors (Lipinski definition) is 4. The SMILES string of the molecule is Cc1cc(-c2cc(F)c(N3C[C@@H](C)O[C@@H](C)C3)cc2CN)cc(C)n1. The third-order valence-corrected chi connectivity index (χ3v) is 4.55. The van der Waals surface area contributed by atoms with Crippen LogP contribution in [0.3, 0.4) is 0 Å². The maximum Gasteiger partial charge on any atom is 0.147 e. The molecule has 4 nitrogen and oxygen atoms in total. The number of anilines is 1. The molecule has 0 amide bonds. The summed E-state index contributed by atoms with van der Waals surface area (Å²) in [6, 6.07) is 7.44. The lowest BCUT2D eigenvalue weighted by Crippen LogP contribution is -2.45. The number of aryl methyl sites for hydroxylation is 2. The van der Waals surface area contributed by atoms with Gasteiger partial charge in [0.1, 0.15) is 5.82 Å². The molecule has 1 aromatic carbocycles. The maximum absolute atomic E-state index is 15.0. The summed E-state index contributed by atoms with van der Waals surface area (Å²) in [5, 5.41) is 0. The van der Waals surface area contributed by atoms with E-state index in [1.807, 2.05) is 45.9 Å². The van der Waals surface area contributed by atoms with Gasteiger partial charge in [-0.3, -0.25) is 4.98 Å². The van der Waals surface area contributed by atoms with Crippen LogP contribution in [0.2, 0.25) is 0 Å². The lowest BCUT2D eigenvalue weighted by molar-refractivity contribution is -0.00539. The first-order valence-corrected chi connectivity index (χ1v) is 8.76. The summed E-state index contributed by atoms with van der Waals surface area (Å²) in [7, 11) is 0. The molecule has 3 rings (SSSR count). The van der Waals surface area contributed by atoms with Gasteiger partial charge in [-0.05, 0) is 68.7 Å². The van der Waals surface area contributed by atoms with Crippen LogP contribution in [0.5, 0.6) is 0 Å². The lowest BCUT2D eigenvalue weighted by atomic mass is 9.97. The average Bonchev–Trinajstić information content (AvgIpc) is 2.52. The quantitative estimate of drug-likeness (QED) is 0.925. The van der Waals surface area contributed by atoms with E-state index in [4.69, 9.17) is 10.5 Å². The molecule has 25 heavy (non-hydrogen) atoms. The number of benzene rings is 1. The molecular formula is C20H26FN3O. The van der Waals surface area contributed by atoms with Gasteiger partial charge in [0.2, 0.25) is 0 Å². The van der Waals surface area contributed by atoms with E-state index in [0.29, 0.717) is 25.3 Å². The van der Waals surface area contributed by atoms with Crippen molar-refractivity contribution in [2.45, 2.75) is 46.4 Å². The highest BCUT2D eigenvalue weighted by atomic mass is 19.1. The molecule has 0 saturated carbocycles. The van der Waals surface area contributed by atoms with E-state index in [1.165, 1.54) is 0 Å². The Kier molecular flexibility index (Phi) is 5.06. The zero-order chi connectivity index (χ0) is 18.1. The minimum absolute atomic E-state index is 0.0784. The molecule has 0 unspecified atom stereocenters. The van der Waals surface area contributed by atoms with E-state index >= 15 is 0 Å². The van der Waals surface area contributed by atoms with Crippen molar-refractivity contribution in [2.75, 3.05) is 18.0 Å². The van der Waals surface area contributed by atoms with Crippen molar-refractivity contribution in [1.82, 2.24) is 4.98 Å². The Morgan fingerprint density at radius 2 is 1.72 bits per heavy atom. The van der Waals surface area contributed by atoms with Crippen molar-refractivity contribution in [3.05, 3.63) is 47.0 Å². The molecule has 2 heterocycles. The zero-order valence-electron chi connectivity index (χ0n) is 15.3. The number of rotatable bonds is 3. The number of morpholine rings is 1. The van der Waals surface area contributed by atoms with E-state index in [1.54, 1.807) is 6.07 Å². The minimum atomic E-state index is -0.222. The predicted octanol–water partition coefficient (Wildman–Crippen LogP) is 3.58. The van der Waals surface area contributed by atoms with Gasteiger partial charge in [-0.2, -0.15) is 0 Å². The molecule has 1 aliphatic heterocycles. The summed E-state index contributed by atoms with van der Waals surface area (Å²) < 4.78 is 20.7. The smallest absolute Gasteiger partial charge is 0.147 e. The number of nitrogens with two attached hydrogens (primary N) is 1. The largest absolute Gasteiger partial charge is 0.372 e. The highest BCUT2D eigenvalue weighted by molar-refractivity contribution is 5.71. The summed E-state index contributed by atoms with van der Waals surface area (Å²) in [5.41, 5.74) is 11.2. The highest BCUT2D eigenvalue weighted by Crippen LogP contribution is 2.32. The van der Waals surface area contributed by atoms with Gasteiger partial charge < -0.3 is 15.4 Å². The van der Waals surface area contributed by atoms with Crippen LogP contribution in [0.25, 0.3) is 11.1 Å². The maximum atomic E-state index is 15.0. The van der Waals surface area contributed by atoms with Crippen molar-refractivity contribution < 1.29 is 9.13 Å². The van der Waals surface area contributed by atoms with Crippen molar-refractivity contribution in [2.24, 2.45) is 5.73 Å². The number of hydrogen-bond donors (Lipinski definition) is 1. The summed E-state index contributed by atoms with van der Waals surface area (Å²) >= 11 is 0. The third-order valence-electron chi connectivity index (χ3n) is 4.55. The standard InChI is InChI=1S/C20H26FN3O/c1-12-5-16(6-13(2)23-12)18-8-19(21)20(7-17(18)9-22)24-10-14(3)25-15(4)11-24/h5-8,14-15H,9-11,22H2,1-4H3/t14-,15+. The van der Waals surface area contributed by atoms with Gasteiger partial charge in [-0.25, -0.2) is 4.39 Å². The van der Waals surface area contributed by atoms with E-state index in [9.17, 15) is 4.39 Å². The molecule has 1 aliphatic rings. The first kappa shape index (κ1) is 17.8. The van der Waals surface area contributed by atoms with Crippen LogP contribution in [0.4, 0.5) is 10.1 Å². The number of pyridine rings is 1. The summed E-state index contributed by atoms with van der Waals surface area (Å²) in [4.78, 5) is 6.45. The highest BCUT2D eigenvalue weighted by Gasteiger charge is 2.25. The molecule has 134 valence electrons. The van der Waals surface area contributed by atoms with Gasteiger partial charge in [0.05, 0.1) is 17.9 Å². The Balaban J connectivity index is 2.04. The molecule has 0 spiro atoms. The fraction of sp³-hybridized carbons (Fsp3) is 0.450. The van der Waals surface area contributed by atoms with Crippen molar-refractivity contribution in [3.63, 3.8) is 0 Å². The molecule has 0 aliphatic carbocycles. The average molecular weight is 343 g/mol. The number of halogens is 1. The Hall–Kier alpha value is -1.98. The van der Waals surface area contributed by atoms with Gasteiger partial charge >= 0.3 is 0 Å². The Morgan fingerprint density at radius 3 is 2.28 bits per heavy atom. The summed E-state index contributed by atoms with van der Waals surface area (Å²) in [5.74, 6) is -0.222. The van der Waals surface area contributed by atoms with Crippen molar-refractivity contribution >= 4 is 5.69 Å². The first-order valence-electron chi connectivity index (χ1n) is 8.76. The molecular weight excluding hydrogens is 317 g/mol. The number of nitrogens with zero attached hydrogens (tertiary/aromatic N) is 2. The Morgan fingerprint density at radius 1 is 1.12 bits per heavy atom. The molecule has 0 bridgehead atoms. The normalized spacial score (nSPS) is 20.8. The van der Waals surface area contributed by atoms with Gasteiger partial charge in [-0.1, -0.05) is 0 Å². The van der Waals surface area contributed by atoms with Crippen LogP contribution in [0.15, 0.2) is 24.3 Å². The fourth-order valence-corrected chi connectivity index (χ4v) is 3.65. The van der Waals surface area contributed by atoms with E-state index in [2.05, 4.69) is 9.88 Å². The lowest BCUT2D eigenvalue weighted by Gasteiger charge is -2.37. The Bertz CT molecular complexity index is 748. The van der Waals surface area contributed by atoms with Gasteiger partial charge in [0.15, 0.2) is 0 Å². The molecule has 2 atom stereocenters. The molecule has 2 N–H and O–H groups in total. The monoisotopic (exact) mass is 343 g/mol. The van der Waals surface area contributed by atoms with Gasteiger partial charge in [-0.15, -0.1) is 0 Å². The number of aromatic nitrogens is 1. The molecule has 1 fully saturated rings. The van der Waals surface area contributed by atoms with E-state index in [0.717, 1.165) is 28.1 Å². The second kappa shape index (κ2) is 7.10. The van der Waals surface area contributed by atoms with Gasteiger partial charge in [0, 0.05) is 31.0 Å².